The number of nitrogens with one attached hydrogen (secondary N) is 2. The van der Waals surface area contributed by atoms with E-state index in [4.69, 9.17) is 119 Å². The molecule has 37 nitrogen and oxygen atoms in total. The van der Waals surface area contributed by atoms with Gasteiger partial charge in [-0.15, -0.1) is 11.6 Å². The van der Waals surface area contributed by atoms with E-state index in [1.54, 1.807) is 139 Å². The SMILES string of the molecule is CCOC(=O)C1=C(COCCN)NC(C)=C(C(=O)OC)C1c1ccccc1Cl.CCOC(=O)C1=C(COCCN=[N+]=[N-])NC(C)=C(C(=O)OC)C1c1ccccc1Cl.CCOC(=O)CC(=O)CCl.CCOC(=O)CC(=O)COCCN=[N+]=[N-].COC(=O)C(=Cc1ccccc1Cl)C(C)=O.COC(=O)CC(C)=O.O=Cc1ccccc1Cl.[N-]=[N+]=NCCO. The Kier molecular flexibility index (Phi) is 62.9. The Hall–Kier alpha value is -11.5. The number of nitrogens with zero attached hydrogens (tertiary/aromatic N) is 9. The van der Waals surface area contributed by atoms with E-state index in [0.29, 0.717) is 90.5 Å². The first-order valence-electron chi connectivity index (χ1n) is 36.5. The fourth-order valence-electron chi connectivity index (χ4n) is 9.58. The van der Waals surface area contributed by atoms with Crippen LogP contribution in [0.2, 0.25) is 20.1 Å². The molecule has 0 saturated heterocycles. The van der Waals surface area contributed by atoms with Crippen molar-refractivity contribution in [3.8, 4) is 0 Å². The lowest BCUT2D eigenvalue weighted by Crippen LogP contribution is -2.35. The number of hydrogen-bond acceptors (Lipinski definition) is 31. The molecule has 0 aliphatic carbocycles. The number of hydrogen-bond donors (Lipinski definition) is 4. The molecule has 2 aliphatic rings. The summed E-state index contributed by atoms with van der Waals surface area (Å²) in [7, 11) is 5.05. The lowest BCUT2D eigenvalue weighted by Gasteiger charge is -2.31. The van der Waals surface area contributed by atoms with Crippen molar-refractivity contribution >= 4 is 141 Å². The molecular weight excluding hydrogens is 1710 g/mol. The molecule has 0 fully saturated rings. The van der Waals surface area contributed by atoms with Crippen LogP contribution in [-0.4, -0.2) is 215 Å². The molecule has 4 aromatic carbocycles. The summed E-state index contributed by atoms with van der Waals surface area (Å²) >= 11 is 29.5. The first-order valence-corrected chi connectivity index (χ1v) is 38.6. The quantitative estimate of drug-likeness (QED) is 0.00278. The highest BCUT2D eigenvalue weighted by Crippen LogP contribution is 2.44. The molecule has 0 saturated carbocycles. The van der Waals surface area contributed by atoms with Gasteiger partial charge in [-0.1, -0.05) is 135 Å². The van der Waals surface area contributed by atoms with Crippen LogP contribution in [0.25, 0.3) is 37.4 Å². The number of aliphatic hydroxyl groups excluding tert-OH is 1. The number of methoxy groups -OCH3 is 4. The molecule has 42 heteroatoms. The predicted molar refractivity (Wildman–Crippen MR) is 452 cm³/mol. The lowest BCUT2D eigenvalue weighted by atomic mass is 9.80. The number of esters is 8. The second-order valence-electron chi connectivity index (χ2n) is 23.4. The zero-order chi connectivity index (χ0) is 92.5. The van der Waals surface area contributed by atoms with E-state index in [1.807, 2.05) is 0 Å². The Morgan fingerprint density at radius 2 is 0.885 bits per heavy atom. The van der Waals surface area contributed by atoms with Crippen LogP contribution in [0.15, 0.2) is 163 Å². The molecule has 4 aromatic rings. The summed E-state index contributed by atoms with van der Waals surface area (Å²) in [5.74, 6) is -7.36. The van der Waals surface area contributed by atoms with Crippen molar-refractivity contribution in [3.63, 3.8) is 0 Å². The second kappa shape index (κ2) is 68.2. The van der Waals surface area contributed by atoms with Crippen LogP contribution in [0, 0.1) is 0 Å². The van der Waals surface area contributed by atoms with Gasteiger partial charge in [0.05, 0.1) is 144 Å². The van der Waals surface area contributed by atoms with E-state index in [9.17, 15) is 62.3 Å². The third-order valence-corrected chi connectivity index (χ3v) is 16.4. The third kappa shape index (κ3) is 45.2. The summed E-state index contributed by atoms with van der Waals surface area (Å²) in [6, 6.07) is 27.9. The first kappa shape index (κ1) is 113. The van der Waals surface area contributed by atoms with Crippen molar-refractivity contribution < 1.29 is 120 Å². The minimum Gasteiger partial charge on any atom is -0.469 e. The molecule has 0 aromatic heterocycles. The summed E-state index contributed by atoms with van der Waals surface area (Å²) < 4.78 is 54.2. The highest BCUT2D eigenvalue weighted by Gasteiger charge is 2.41. The van der Waals surface area contributed by atoms with E-state index in [-0.39, 0.29) is 150 Å². The van der Waals surface area contributed by atoms with Gasteiger partial charge < -0.3 is 73.6 Å². The molecule has 0 bridgehead atoms. The number of Topliss-reactive ketones (excluding diaryl/α,β-unsaturated/α-hetero) is 4. The molecule has 0 spiro atoms. The van der Waals surface area contributed by atoms with Crippen LogP contribution >= 0.6 is 58.0 Å². The highest BCUT2D eigenvalue weighted by molar-refractivity contribution is 6.34. The summed E-state index contributed by atoms with van der Waals surface area (Å²) in [5.41, 5.74) is 34.6. The number of alkyl halides is 1. The van der Waals surface area contributed by atoms with Gasteiger partial charge in [0.15, 0.2) is 23.6 Å². The van der Waals surface area contributed by atoms with Crippen molar-refractivity contribution in [3.05, 3.63) is 221 Å². The molecule has 0 amide bonds. The number of allylic oxidation sites excluding steroid dienone is 2. The Morgan fingerprint density at radius 1 is 0.492 bits per heavy atom. The maximum Gasteiger partial charge on any atom is 0.341 e. The Bertz CT molecular complexity index is 4460. The number of ether oxygens (including phenoxy) is 11. The van der Waals surface area contributed by atoms with Gasteiger partial charge in [0, 0.05) is 79.5 Å². The number of dihydropyridines is 2. The number of benzene rings is 4. The van der Waals surface area contributed by atoms with Gasteiger partial charge in [-0.2, -0.15) is 0 Å². The lowest BCUT2D eigenvalue weighted by molar-refractivity contribution is -0.147. The number of azide groups is 3. The monoisotopic (exact) mass is 1800 g/mol. The van der Waals surface area contributed by atoms with E-state index >= 15 is 0 Å². The summed E-state index contributed by atoms with van der Waals surface area (Å²) in [5, 5.41) is 25.5. The maximum atomic E-state index is 12.9. The fraction of sp³-hybridized carbons (Fsp3) is 0.412. The number of rotatable bonds is 37. The molecule has 6 rings (SSSR count). The Balaban J connectivity index is 0. The van der Waals surface area contributed by atoms with Gasteiger partial charge in [0.1, 0.15) is 37.2 Å². The average molecular weight is 1810 g/mol. The van der Waals surface area contributed by atoms with Gasteiger partial charge >= 0.3 is 47.8 Å². The Morgan fingerprint density at radius 3 is 1.21 bits per heavy atom. The maximum absolute atomic E-state index is 12.9. The summed E-state index contributed by atoms with van der Waals surface area (Å²) in [4.78, 5) is 154. The molecule has 5 N–H and O–H groups in total. The Labute approximate surface area is 729 Å². The molecule has 2 aliphatic heterocycles. The summed E-state index contributed by atoms with van der Waals surface area (Å²) in [6.07, 6.45) is 1.56. The predicted octanol–water partition coefficient (Wildman–Crippen LogP) is 12.5. The van der Waals surface area contributed by atoms with E-state index in [2.05, 4.69) is 59.7 Å². The number of aldehydes is 1. The van der Waals surface area contributed by atoms with Gasteiger partial charge in [0.2, 0.25) is 0 Å². The molecule has 664 valence electrons. The summed E-state index contributed by atoms with van der Waals surface area (Å²) in [6.45, 7) is 15.1. The van der Waals surface area contributed by atoms with Crippen molar-refractivity contribution in [2.24, 2.45) is 21.1 Å². The third-order valence-electron chi connectivity index (χ3n) is 14.7. The van der Waals surface area contributed by atoms with Crippen LogP contribution in [0.1, 0.15) is 114 Å². The molecule has 2 heterocycles. The van der Waals surface area contributed by atoms with Crippen LogP contribution < -0.4 is 16.4 Å². The number of carbonyl (C=O) groups excluding carboxylic acids is 13. The van der Waals surface area contributed by atoms with E-state index in [1.165, 1.54) is 48.4 Å². The average Bonchev–Trinajstić information content (AvgIpc) is 0.764. The van der Waals surface area contributed by atoms with Crippen molar-refractivity contribution in [2.45, 2.75) is 86.5 Å². The molecular formula is C80H99Cl5N12O25. The van der Waals surface area contributed by atoms with Crippen molar-refractivity contribution in [1.29, 1.82) is 0 Å². The number of halogens is 5. The second-order valence-corrected chi connectivity index (χ2v) is 25.3. The van der Waals surface area contributed by atoms with Crippen molar-refractivity contribution in [2.75, 3.05) is 133 Å². The standard InChI is InChI=1S/C20H23ClN4O5.C20H25ClN2O5.C12H11ClO3.C8H13N3O4.C7H5ClO.C6H9ClO3.C5H8O3.C2H5N3O/c1-4-30-20(27)18-15(11-29-10-9-23-25-22)24-12(2)16(19(26)28-3)17(18)13-7-5-6-8-14(13)21;1-4-28-20(25)18-15(11-27-10-9-22)23-12(2)16(19(24)26-3)17(18)13-7-5-6-8-14(13)21;1-8(14)10(12(15)16-2)7-9-5-3-4-6-11(9)13;1-2-15-8(13)5-7(12)6-14-4-3-10-11-9;8-7-4-2-1-3-6(7)5-9;1-2-10-6(9)3-5(8)4-7;1-4(6)3-5(7)8-2;3-5-4-1-2-6/h5-8,17,24H,4,9-11H2,1-3H3;5-8,17,23H,4,9-11,22H2,1-3H3;3-7H,1-2H3;2-6H2,1H3;1-5H;2-4H2,1H3;3H2,1-2H3;6H,1-2H2. The first-order chi connectivity index (χ1) is 58.3. The van der Waals surface area contributed by atoms with Crippen molar-refractivity contribution in [1.82, 2.24) is 10.6 Å². The number of nitrogens with two attached hydrogens (primary N) is 1. The van der Waals surface area contributed by atoms with Crippen LogP contribution in [0.5, 0.6) is 0 Å². The normalized spacial score (nSPS) is 12.6. The number of carbonyl (C=O) groups is 13. The van der Waals surface area contributed by atoms with Gasteiger partial charge in [-0.3, -0.25) is 38.4 Å². The number of aliphatic hydroxyl groups is 1. The van der Waals surface area contributed by atoms with Gasteiger partial charge in [-0.25, -0.2) is 24.0 Å². The van der Waals surface area contributed by atoms with Crippen LogP contribution in [-0.2, 0) is 110 Å². The van der Waals surface area contributed by atoms with Gasteiger partial charge in [-0.05, 0) is 119 Å². The van der Waals surface area contributed by atoms with Crippen LogP contribution in [0.3, 0.4) is 0 Å². The highest BCUT2D eigenvalue weighted by atomic mass is 35.5. The molecule has 0 radical (unpaired) electrons. The minimum absolute atomic E-state index is 0.0157. The van der Waals surface area contributed by atoms with E-state index < -0.39 is 59.6 Å². The zero-order valence-corrected chi connectivity index (χ0v) is 73.0. The smallest absolute Gasteiger partial charge is 0.341 e. The molecule has 2 atom stereocenters. The molecule has 2 unspecified atom stereocenters. The zero-order valence-electron chi connectivity index (χ0n) is 69.2. The van der Waals surface area contributed by atoms with Crippen LogP contribution in [0.4, 0.5) is 0 Å². The number of ketones is 4. The molecule has 122 heavy (non-hydrogen) atoms. The largest absolute Gasteiger partial charge is 0.469 e. The van der Waals surface area contributed by atoms with Gasteiger partial charge in [0.25, 0.3) is 0 Å². The van der Waals surface area contributed by atoms with E-state index in [0.717, 1.165) is 6.29 Å². The minimum atomic E-state index is -0.804. The topological polar surface area (TPSA) is 540 Å². The fourth-order valence-corrected chi connectivity index (χ4v) is 10.5.